The fourth-order valence-corrected chi connectivity index (χ4v) is 6.13. The zero-order valence-electron chi connectivity index (χ0n) is 22.0. The summed E-state index contributed by atoms with van der Waals surface area (Å²) in [4.78, 5) is 27.3. The number of amides is 1. The first-order valence-electron chi connectivity index (χ1n) is 13.1. The van der Waals surface area contributed by atoms with Gasteiger partial charge in [0.1, 0.15) is 34.8 Å². The molecule has 0 aliphatic heterocycles. The number of esters is 1. The molecule has 1 heterocycles. The summed E-state index contributed by atoms with van der Waals surface area (Å²) in [5, 5.41) is 14.9. The van der Waals surface area contributed by atoms with Crippen LogP contribution < -0.4 is 10.1 Å². The standard InChI is InChI=1S/C32H27FN2O4S/c1-2-38-32(37)29-24-12-6-8-14-28(24)40-31(29)35-30(36)22(18-34)17-25-23-11-5-3-9-20(23)15-16-27(25)39-19-21-10-4-7-13-26(21)33/h3-5,7,9-11,13,15-17H,2,6,8,12,14,19H2,1H3,(H,35,36). The van der Waals surface area contributed by atoms with Gasteiger partial charge in [0.05, 0.1) is 12.2 Å². The molecule has 0 saturated heterocycles. The van der Waals surface area contributed by atoms with Crippen molar-refractivity contribution in [1.82, 2.24) is 0 Å². The van der Waals surface area contributed by atoms with Crippen molar-refractivity contribution >= 4 is 45.1 Å². The Morgan fingerprint density at radius 2 is 1.85 bits per heavy atom. The molecule has 1 amide bonds. The lowest BCUT2D eigenvalue weighted by molar-refractivity contribution is -0.112. The van der Waals surface area contributed by atoms with Gasteiger partial charge in [-0.05, 0) is 67.2 Å². The zero-order chi connectivity index (χ0) is 28.1. The van der Waals surface area contributed by atoms with Crippen LogP contribution in [0.25, 0.3) is 16.8 Å². The smallest absolute Gasteiger partial charge is 0.341 e. The molecule has 202 valence electrons. The molecule has 6 nitrogen and oxygen atoms in total. The van der Waals surface area contributed by atoms with Crippen molar-refractivity contribution in [2.75, 3.05) is 11.9 Å². The van der Waals surface area contributed by atoms with E-state index < -0.39 is 11.9 Å². The number of aryl methyl sites for hydroxylation is 1. The number of hydrogen-bond donors (Lipinski definition) is 1. The number of anilines is 1. The quantitative estimate of drug-likeness (QED) is 0.141. The summed E-state index contributed by atoms with van der Waals surface area (Å²) in [5.41, 5.74) is 2.05. The number of carbonyl (C=O) groups is 2. The normalized spacial score (nSPS) is 12.9. The highest BCUT2D eigenvalue weighted by atomic mass is 32.1. The molecule has 0 bridgehead atoms. The van der Waals surface area contributed by atoms with E-state index >= 15 is 0 Å². The summed E-state index contributed by atoms with van der Waals surface area (Å²) < 4.78 is 25.5. The molecule has 3 aromatic carbocycles. The molecule has 5 rings (SSSR count). The van der Waals surface area contributed by atoms with Gasteiger partial charge in [-0.2, -0.15) is 5.26 Å². The molecule has 8 heteroatoms. The van der Waals surface area contributed by atoms with Gasteiger partial charge in [-0.3, -0.25) is 4.79 Å². The van der Waals surface area contributed by atoms with E-state index in [4.69, 9.17) is 9.47 Å². The van der Waals surface area contributed by atoms with E-state index in [0.717, 1.165) is 46.9 Å². The van der Waals surface area contributed by atoms with Crippen LogP contribution in [0.2, 0.25) is 0 Å². The number of thiophene rings is 1. The van der Waals surface area contributed by atoms with Crippen LogP contribution in [0.4, 0.5) is 9.39 Å². The molecule has 0 radical (unpaired) electrons. The molecule has 0 spiro atoms. The van der Waals surface area contributed by atoms with Crippen molar-refractivity contribution in [1.29, 1.82) is 5.26 Å². The van der Waals surface area contributed by atoms with Crippen LogP contribution in [-0.2, 0) is 29.0 Å². The molecule has 40 heavy (non-hydrogen) atoms. The second kappa shape index (κ2) is 12.1. The Morgan fingerprint density at radius 3 is 2.65 bits per heavy atom. The molecule has 0 fully saturated rings. The number of rotatable bonds is 8. The molecule has 1 aliphatic carbocycles. The number of hydrogen-bond acceptors (Lipinski definition) is 6. The third-order valence-electron chi connectivity index (χ3n) is 6.80. The van der Waals surface area contributed by atoms with E-state index in [1.807, 2.05) is 36.4 Å². The number of nitrogens with one attached hydrogen (secondary N) is 1. The third kappa shape index (κ3) is 5.61. The van der Waals surface area contributed by atoms with Crippen molar-refractivity contribution in [3.8, 4) is 11.8 Å². The Kier molecular flexibility index (Phi) is 8.23. The van der Waals surface area contributed by atoms with Crippen molar-refractivity contribution < 1.29 is 23.5 Å². The van der Waals surface area contributed by atoms with Crippen molar-refractivity contribution in [3.63, 3.8) is 0 Å². The summed E-state index contributed by atoms with van der Waals surface area (Å²) >= 11 is 1.36. The molecule has 1 aromatic heterocycles. The summed E-state index contributed by atoms with van der Waals surface area (Å²) in [5.74, 6) is -1.09. The second-order valence-electron chi connectivity index (χ2n) is 9.34. The highest BCUT2D eigenvalue weighted by Crippen LogP contribution is 2.39. The minimum Gasteiger partial charge on any atom is -0.488 e. The van der Waals surface area contributed by atoms with Crippen LogP contribution in [-0.4, -0.2) is 18.5 Å². The Bertz CT molecular complexity index is 1670. The van der Waals surface area contributed by atoms with Gasteiger partial charge in [0.15, 0.2) is 0 Å². The molecule has 0 atom stereocenters. The van der Waals surface area contributed by atoms with Gasteiger partial charge in [0.25, 0.3) is 5.91 Å². The van der Waals surface area contributed by atoms with Crippen LogP contribution in [0.1, 0.15) is 51.7 Å². The number of carbonyl (C=O) groups excluding carboxylic acids is 2. The van der Waals surface area contributed by atoms with E-state index in [0.29, 0.717) is 27.4 Å². The van der Waals surface area contributed by atoms with Gasteiger partial charge in [-0.25, -0.2) is 9.18 Å². The number of ether oxygens (including phenoxy) is 2. The monoisotopic (exact) mass is 554 g/mol. The minimum absolute atomic E-state index is 0.0242. The first kappa shape index (κ1) is 27.1. The lowest BCUT2D eigenvalue weighted by Crippen LogP contribution is -2.16. The second-order valence-corrected chi connectivity index (χ2v) is 10.4. The predicted molar refractivity (Wildman–Crippen MR) is 154 cm³/mol. The average Bonchev–Trinajstić information content (AvgIpc) is 3.33. The minimum atomic E-state index is -0.639. The number of fused-ring (bicyclic) bond motifs is 2. The molecule has 0 unspecified atom stereocenters. The first-order valence-corrected chi connectivity index (χ1v) is 13.9. The van der Waals surface area contributed by atoms with Gasteiger partial charge in [0.2, 0.25) is 0 Å². The molecule has 4 aromatic rings. The summed E-state index contributed by atoms with van der Waals surface area (Å²) in [6, 6.07) is 19.5. The summed E-state index contributed by atoms with van der Waals surface area (Å²) in [6.45, 7) is 1.93. The van der Waals surface area contributed by atoms with Crippen LogP contribution in [0.5, 0.6) is 5.75 Å². The lowest BCUT2D eigenvalue weighted by Gasteiger charge is -2.13. The lowest BCUT2D eigenvalue weighted by atomic mass is 9.95. The van der Waals surface area contributed by atoms with Gasteiger partial charge < -0.3 is 14.8 Å². The fraction of sp³-hybridized carbons (Fsp3) is 0.219. The molecule has 1 N–H and O–H groups in total. The average molecular weight is 555 g/mol. The molecular weight excluding hydrogens is 527 g/mol. The fourth-order valence-electron chi connectivity index (χ4n) is 4.86. The number of nitriles is 1. The maximum Gasteiger partial charge on any atom is 0.341 e. The van der Waals surface area contributed by atoms with E-state index in [9.17, 15) is 19.2 Å². The van der Waals surface area contributed by atoms with Crippen LogP contribution >= 0.6 is 11.3 Å². The maximum absolute atomic E-state index is 14.2. The predicted octanol–water partition coefficient (Wildman–Crippen LogP) is 7.22. The SMILES string of the molecule is CCOC(=O)c1c(NC(=O)C(C#N)=Cc2c(OCc3ccccc3F)ccc3ccccc23)sc2c1CCCC2. The highest BCUT2D eigenvalue weighted by Gasteiger charge is 2.28. The number of benzene rings is 3. The summed E-state index contributed by atoms with van der Waals surface area (Å²) in [7, 11) is 0. The van der Waals surface area contributed by atoms with Gasteiger partial charge >= 0.3 is 5.97 Å². The van der Waals surface area contributed by atoms with E-state index in [2.05, 4.69) is 5.32 Å². The van der Waals surface area contributed by atoms with Crippen LogP contribution in [0.3, 0.4) is 0 Å². The van der Waals surface area contributed by atoms with Crippen LogP contribution in [0, 0.1) is 17.1 Å². The van der Waals surface area contributed by atoms with Crippen molar-refractivity contribution in [2.24, 2.45) is 0 Å². The Hall–Kier alpha value is -4.48. The number of nitrogens with zero attached hydrogens (tertiary/aromatic N) is 1. The first-order chi connectivity index (χ1) is 19.5. The largest absolute Gasteiger partial charge is 0.488 e. The van der Waals surface area contributed by atoms with Gasteiger partial charge in [0, 0.05) is 16.0 Å². The highest BCUT2D eigenvalue weighted by molar-refractivity contribution is 7.17. The van der Waals surface area contributed by atoms with E-state index in [-0.39, 0.29) is 24.6 Å². The number of halogens is 1. The van der Waals surface area contributed by atoms with Crippen molar-refractivity contribution in [3.05, 3.63) is 99.2 Å². The van der Waals surface area contributed by atoms with Gasteiger partial charge in [-0.1, -0.05) is 48.5 Å². The van der Waals surface area contributed by atoms with Crippen molar-refractivity contribution in [2.45, 2.75) is 39.2 Å². The Labute approximate surface area is 235 Å². The van der Waals surface area contributed by atoms with Crippen LogP contribution in [0.15, 0.2) is 66.2 Å². The van der Waals surface area contributed by atoms with E-state index in [1.54, 1.807) is 31.2 Å². The topological polar surface area (TPSA) is 88.4 Å². The molecular formula is C32H27FN2O4S. The third-order valence-corrected chi connectivity index (χ3v) is 8.01. The summed E-state index contributed by atoms with van der Waals surface area (Å²) in [6.07, 6.45) is 5.04. The Morgan fingerprint density at radius 1 is 1.07 bits per heavy atom. The maximum atomic E-state index is 14.2. The molecule has 1 aliphatic rings. The Balaban J connectivity index is 1.50. The van der Waals surface area contributed by atoms with Gasteiger partial charge in [-0.15, -0.1) is 11.3 Å². The molecule has 0 saturated carbocycles. The zero-order valence-corrected chi connectivity index (χ0v) is 22.8. The van der Waals surface area contributed by atoms with E-state index in [1.165, 1.54) is 23.5 Å².